The quantitative estimate of drug-likeness (QED) is 0.473. The second-order valence-electron chi connectivity index (χ2n) is 4.46. The average molecular weight is 324 g/mol. The van der Waals surface area contributed by atoms with Crippen LogP contribution in [0.15, 0.2) is 46.5 Å². The number of hydrogen-bond acceptors (Lipinski definition) is 5. The minimum absolute atomic E-state index is 0.0476. The lowest BCUT2D eigenvalue weighted by Crippen LogP contribution is -2.12. The highest BCUT2D eigenvalue weighted by Crippen LogP contribution is 2.19. The van der Waals surface area contributed by atoms with E-state index in [9.17, 15) is 8.42 Å². The molecule has 0 radical (unpaired) electrons. The molecule has 8 heteroatoms. The Labute approximate surface area is 127 Å². The van der Waals surface area contributed by atoms with Crippen molar-refractivity contribution in [1.82, 2.24) is 9.78 Å². The van der Waals surface area contributed by atoms with E-state index in [1.807, 2.05) is 13.2 Å². The van der Waals surface area contributed by atoms with E-state index in [4.69, 9.17) is 11.1 Å². The molecule has 6 nitrogen and oxygen atoms in total. The van der Waals surface area contributed by atoms with E-state index in [0.29, 0.717) is 11.3 Å². The van der Waals surface area contributed by atoms with Crippen molar-refractivity contribution in [2.75, 3.05) is 11.5 Å². The minimum atomic E-state index is -3.33. The molecule has 0 aliphatic carbocycles. The van der Waals surface area contributed by atoms with E-state index in [2.05, 4.69) is 5.10 Å². The van der Waals surface area contributed by atoms with Crippen molar-refractivity contribution in [1.29, 1.82) is 5.41 Å². The Morgan fingerprint density at radius 3 is 2.57 bits per heavy atom. The van der Waals surface area contributed by atoms with Gasteiger partial charge in [0.1, 0.15) is 5.84 Å². The molecule has 1 aromatic heterocycles. The smallest absolute Gasteiger partial charge is 0.179 e. The number of nitrogens with zero attached hydrogens (tertiary/aromatic N) is 2. The molecule has 0 aliphatic rings. The van der Waals surface area contributed by atoms with Crippen molar-refractivity contribution in [3.05, 3.63) is 42.2 Å². The molecule has 0 saturated carbocycles. The summed E-state index contributed by atoms with van der Waals surface area (Å²) < 4.78 is 26.1. The number of aromatic nitrogens is 2. The Bertz CT molecular complexity index is 736. The molecule has 0 saturated heterocycles. The lowest BCUT2D eigenvalue weighted by molar-refractivity contribution is 0.597. The van der Waals surface area contributed by atoms with Gasteiger partial charge >= 0.3 is 0 Å². The van der Waals surface area contributed by atoms with Crippen LogP contribution in [0.1, 0.15) is 5.56 Å². The Hall–Kier alpha value is -1.80. The molecule has 21 heavy (non-hydrogen) atoms. The summed E-state index contributed by atoms with van der Waals surface area (Å²) in [5.74, 6) is 0.431. The number of thioether (sulfide) groups is 1. The van der Waals surface area contributed by atoms with E-state index < -0.39 is 9.84 Å². The van der Waals surface area contributed by atoms with Gasteiger partial charge in [0.25, 0.3) is 0 Å². The Kier molecular flexibility index (Phi) is 4.69. The van der Waals surface area contributed by atoms with Gasteiger partial charge in [-0.25, -0.2) is 8.42 Å². The van der Waals surface area contributed by atoms with Crippen LogP contribution in [-0.2, 0) is 16.9 Å². The van der Waals surface area contributed by atoms with Crippen LogP contribution in [0.25, 0.3) is 0 Å². The average Bonchev–Trinajstić information content (AvgIpc) is 2.84. The molecule has 2 rings (SSSR count). The molecule has 112 valence electrons. The number of sulfone groups is 1. The third-order valence-electron chi connectivity index (χ3n) is 2.83. The van der Waals surface area contributed by atoms with E-state index in [0.717, 1.165) is 4.90 Å². The molecular formula is C13H16N4O2S2. The summed E-state index contributed by atoms with van der Waals surface area (Å²) in [5, 5.41) is 11.3. The van der Waals surface area contributed by atoms with Gasteiger partial charge in [0.05, 0.1) is 16.8 Å². The third-order valence-corrected chi connectivity index (χ3v) is 5.77. The normalized spacial score (nSPS) is 11.5. The molecule has 0 aliphatic heterocycles. The number of benzene rings is 1. The van der Waals surface area contributed by atoms with Crippen molar-refractivity contribution >= 4 is 27.4 Å². The highest BCUT2D eigenvalue weighted by molar-refractivity contribution is 8.00. The molecule has 0 unspecified atom stereocenters. The first-order valence-electron chi connectivity index (χ1n) is 6.17. The number of nitrogens with one attached hydrogen (secondary N) is 1. The van der Waals surface area contributed by atoms with Gasteiger partial charge in [-0.15, -0.1) is 11.8 Å². The molecule has 0 spiro atoms. The second-order valence-corrected chi connectivity index (χ2v) is 7.73. The number of nitrogens with two attached hydrogens (primary N) is 1. The van der Waals surface area contributed by atoms with Crippen molar-refractivity contribution < 1.29 is 8.42 Å². The fourth-order valence-electron chi connectivity index (χ4n) is 1.70. The summed E-state index contributed by atoms with van der Waals surface area (Å²) in [5.41, 5.74) is 5.85. The van der Waals surface area contributed by atoms with Gasteiger partial charge in [-0.1, -0.05) is 12.1 Å². The number of hydrogen-bond donors (Lipinski definition) is 2. The standard InChI is InChI=1S/C13H16N4O2S2/c1-17-9-11(8-16-17)20-6-7-21(18,19)12-4-2-10(3-5-12)13(14)15/h2-5,8-9H,6-7H2,1H3,(H3,14,15). The second kappa shape index (κ2) is 6.31. The van der Waals surface area contributed by atoms with Gasteiger partial charge in [0.2, 0.25) is 0 Å². The summed E-state index contributed by atoms with van der Waals surface area (Å²) in [6.07, 6.45) is 3.55. The highest BCUT2D eigenvalue weighted by atomic mass is 32.2. The van der Waals surface area contributed by atoms with Crippen LogP contribution >= 0.6 is 11.8 Å². The first-order chi connectivity index (χ1) is 9.88. The monoisotopic (exact) mass is 324 g/mol. The van der Waals surface area contributed by atoms with Gasteiger partial charge in [0, 0.05) is 29.5 Å². The number of aryl methyl sites for hydroxylation is 1. The van der Waals surface area contributed by atoms with E-state index in [1.165, 1.54) is 23.9 Å². The van der Waals surface area contributed by atoms with Crippen LogP contribution in [0, 0.1) is 5.41 Å². The van der Waals surface area contributed by atoms with E-state index >= 15 is 0 Å². The number of rotatable bonds is 6. The summed E-state index contributed by atoms with van der Waals surface area (Å²) in [4.78, 5) is 1.19. The van der Waals surface area contributed by atoms with E-state index in [1.54, 1.807) is 23.0 Å². The molecule has 1 aromatic carbocycles. The van der Waals surface area contributed by atoms with Crippen molar-refractivity contribution in [3.8, 4) is 0 Å². The van der Waals surface area contributed by atoms with Crippen molar-refractivity contribution in [2.45, 2.75) is 9.79 Å². The van der Waals surface area contributed by atoms with Crippen LogP contribution in [0.3, 0.4) is 0 Å². The predicted molar refractivity (Wildman–Crippen MR) is 83.4 cm³/mol. The van der Waals surface area contributed by atoms with Gasteiger partial charge in [-0.2, -0.15) is 5.10 Å². The fourth-order valence-corrected chi connectivity index (χ4v) is 4.28. The zero-order valence-electron chi connectivity index (χ0n) is 11.5. The number of amidine groups is 1. The molecule has 1 heterocycles. The Balaban J connectivity index is 1.99. The van der Waals surface area contributed by atoms with Gasteiger partial charge < -0.3 is 5.73 Å². The maximum absolute atomic E-state index is 12.2. The highest BCUT2D eigenvalue weighted by Gasteiger charge is 2.14. The predicted octanol–water partition coefficient (Wildman–Crippen LogP) is 1.27. The van der Waals surface area contributed by atoms with Crippen LogP contribution in [0.5, 0.6) is 0 Å². The summed E-state index contributed by atoms with van der Waals surface area (Å²) in [7, 11) is -1.51. The van der Waals surface area contributed by atoms with Crippen molar-refractivity contribution in [3.63, 3.8) is 0 Å². The Morgan fingerprint density at radius 1 is 1.38 bits per heavy atom. The zero-order valence-corrected chi connectivity index (χ0v) is 13.1. The Morgan fingerprint density at radius 2 is 2.05 bits per heavy atom. The van der Waals surface area contributed by atoms with Crippen LogP contribution in [0.4, 0.5) is 0 Å². The lowest BCUT2D eigenvalue weighted by Gasteiger charge is -2.05. The first-order valence-corrected chi connectivity index (χ1v) is 8.81. The number of nitrogen functional groups attached to an aromatic ring is 1. The van der Waals surface area contributed by atoms with Gasteiger partial charge in [-0.3, -0.25) is 10.1 Å². The molecule has 0 atom stereocenters. The summed E-state index contributed by atoms with van der Waals surface area (Å²) >= 11 is 1.45. The van der Waals surface area contributed by atoms with Crippen LogP contribution in [-0.4, -0.2) is 35.5 Å². The molecule has 3 N–H and O–H groups in total. The lowest BCUT2D eigenvalue weighted by atomic mass is 10.2. The maximum Gasteiger partial charge on any atom is 0.179 e. The van der Waals surface area contributed by atoms with Gasteiger partial charge in [0.15, 0.2) is 9.84 Å². The molecular weight excluding hydrogens is 308 g/mol. The van der Waals surface area contributed by atoms with Crippen LogP contribution < -0.4 is 5.73 Å². The summed E-state index contributed by atoms with van der Waals surface area (Å²) in [6.45, 7) is 0. The third kappa shape index (κ3) is 4.08. The first kappa shape index (κ1) is 15.6. The SMILES string of the molecule is Cn1cc(SCCS(=O)(=O)c2ccc(C(=N)N)cc2)cn1. The zero-order chi connectivity index (χ0) is 15.5. The van der Waals surface area contributed by atoms with E-state index in [-0.39, 0.29) is 16.5 Å². The minimum Gasteiger partial charge on any atom is -0.384 e. The summed E-state index contributed by atoms with van der Waals surface area (Å²) in [6, 6.07) is 6.06. The maximum atomic E-state index is 12.2. The molecule has 0 amide bonds. The van der Waals surface area contributed by atoms with Gasteiger partial charge in [-0.05, 0) is 12.1 Å². The molecule has 0 fully saturated rings. The molecule has 2 aromatic rings. The van der Waals surface area contributed by atoms with Crippen molar-refractivity contribution in [2.24, 2.45) is 12.8 Å². The molecule has 0 bridgehead atoms. The largest absolute Gasteiger partial charge is 0.384 e. The van der Waals surface area contributed by atoms with Crippen LogP contribution in [0.2, 0.25) is 0 Å². The topological polar surface area (TPSA) is 102 Å². The fraction of sp³-hybridized carbons (Fsp3) is 0.231.